The van der Waals surface area contributed by atoms with Crippen LogP contribution in [0.15, 0.2) is 46.9 Å². The minimum atomic E-state index is -0.407. The number of hydrogen-bond acceptors (Lipinski definition) is 2. The molecule has 1 saturated heterocycles. The Morgan fingerprint density at radius 1 is 1.27 bits per heavy atom. The minimum absolute atomic E-state index is 0.0471. The Kier molecular flexibility index (Phi) is 5.94. The summed E-state index contributed by atoms with van der Waals surface area (Å²) in [5, 5.41) is 3.22. The number of hydrogen-bond donors (Lipinski definition) is 1. The van der Waals surface area contributed by atoms with Gasteiger partial charge in [-0.25, -0.2) is 4.39 Å². The van der Waals surface area contributed by atoms with Gasteiger partial charge in [0, 0.05) is 24.0 Å². The van der Waals surface area contributed by atoms with E-state index in [4.69, 9.17) is 11.6 Å². The molecule has 1 fully saturated rings. The first-order valence-corrected chi connectivity index (χ1v) is 9.37. The highest BCUT2D eigenvalue weighted by molar-refractivity contribution is 9.10. The summed E-state index contributed by atoms with van der Waals surface area (Å²) in [5.74, 6) is -0.953. The topological polar surface area (TPSA) is 49.4 Å². The average Bonchev–Trinajstić information content (AvgIpc) is 2.98. The van der Waals surface area contributed by atoms with Gasteiger partial charge in [-0.2, -0.15) is 0 Å². The molecule has 136 valence electrons. The number of halogens is 3. The molecule has 1 atom stereocenters. The zero-order chi connectivity index (χ0) is 18.7. The van der Waals surface area contributed by atoms with E-state index in [1.54, 1.807) is 35.2 Å². The van der Waals surface area contributed by atoms with E-state index in [1.165, 1.54) is 12.1 Å². The molecule has 1 aliphatic rings. The summed E-state index contributed by atoms with van der Waals surface area (Å²) < 4.78 is 13.8. The van der Waals surface area contributed by atoms with Gasteiger partial charge in [0.1, 0.15) is 5.82 Å². The molecule has 0 bridgehead atoms. The highest BCUT2D eigenvalue weighted by Crippen LogP contribution is 2.27. The Balaban J connectivity index is 1.56. The van der Waals surface area contributed by atoms with Gasteiger partial charge < -0.3 is 10.2 Å². The van der Waals surface area contributed by atoms with Gasteiger partial charge in [0.05, 0.1) is 16.6 Å². The first-order valence-electron chi connectivity index (χ1n) is 8.20. The molecule has 1 heterocycles. The smallest absolute Gasteiger partial charge is 0.229 e. The van der Waals surface area contributed by atoms with E-state index in [0.29, 0.717) is 30.2 Å². The van der Waals surface area contributed by atoms with E-state index in [0.717, 1.165) is 10.0 Å². The summed E-state index contributed by atoms with van der Waals surface area (Å²) in [4.78, 5) is 26.3. The van der Waals surface area contributed by atoms with E-state index in [2.05, 4.69) is 21.2 Å². The van der Waals surface area contributed by atoms with Crippen LogP contribution in [0.3, 0.4) is 0 Å². The number of nitrogens with one attached hydrogen (secondary N) is 1. The number of anilines is 1. The molecule has 4 nitrogen and oxygen atoms in total. The van der Waals surface area contributed by atoms with Crippen molar-refractivity contribution in [2.24, 2.45) is 5.92 Å². The molecule has 2 aromatic carbocycles. The van der Waals surface area contributed by atoms with Crippen molar-refractivity contribution in [1.29, 1.82) is 0 Å². The normalized spacial score (nSPS) is 16.8. The van der Waals surface area contributed by atoms with Crippen molar-refractivity contribution >= 4 is 45.0 Å². The van der Waals surface area contributed by atoms with Crippen LogP contribution in [0.5, 0.6) is 0 Å². The molecule has 3 rings (SSSR count). The Morgan fingerprint density at radius 3 is 2.69 bits per heavy atom. The highest BCUT2D eigenvalue weighted by Gasteiger charge is 2.34. The van der Waals surface area contributed by atoms with Crippen LogP contribution in [0.4, 0.5) is 10.1 Å². The number of rotatable bonds is 5. The van der Waals surface area contributed by atoms with E-state index in [-0.39, 0.29) is 24.1 Å². The SMILES string of the molecule is O=C(Nc1ccc(Br)cc1Cl)C1CC(=O)N(CCc2ccc(F)cc2)C1. The van der Waals surface area contributed by atoms with Gasteiger partial charge in [0.2, 0.25) is 11.8 Å². The zero-order valence-corrected chi connectivity index (χ0v) is 16.2. The molecule has 1 aliphatic heterocycles. The number of amides is 2. The van der Waals surface area contributed by atoms with Gasteiger partial charge in [-0.3, -0.25) is 9.59 Å². The van der Waals surface area contributed by atoms with Crippen LogP contribution in [-0.2, 0) is 16.0 Å². The Morgan fingerprint density at radius 2 is 2.00 bits per heavy atom. The standard InChI is InChI=1S/C19H17BrClFN2O2/c20-14-3-6-17(16(21)10-14)23-19(26)13-9-18(25)24(11-13)8-7-12-1-4-15(22)5-2-12/h1-6,10,13H,7-9,11H2,(H,23,26). The maximum absolute atomic E-state index is 12.9. The van der Waals surface area contributed by atoms with Crippen molar-refractivity contribution in [2.45, 2.75) is 12.8 Å². The van der Waals surface area contributed by atoms with E-state index in [9.17, 15) is 14.0 Å². The molecule has 2 aromatic rings. The first-order chi connectivity index (χ1) is 12.4. The lowest BCUT2D eigenvalue weighted by molar-refractivity contribution is -0.128. The molecule has 0 aliphatic carbocycles. The lowest BCUT2D eigenvalue weighted by Gasteiger charge is -2.17. The Bertz CT molecular complexity index is 829. The van der Waals surface area contributed by atoms with Crippen molar-refractivity contribution in [3.05, 3.63) is 63.3 Å². The third-order valence-corrected chi connectivity index (χ3v) is 5.16. The van der Waals surface area contributed by atoms with E-state index < -0.39 is 5.92 Å². The van der Waals surface area contributed by atoms with Gasteiger partial charge in [-0.15, -0.1) is 0 Å². The van der Waals surface area contributed by atoms with Crippen molar-refractivity contribution in [3.63, 3.8) is 0 Å². The molecule has 2 amide bonds. The van der Waals surface area contributed by atoms with Crippen LogP contribution in [0, 0.1) is 11.7 Å². The average molecular weight is 440 g/mol. The molecule has 0 radical (unpaired) electrons. The summed E-state index contributed by atoms with van der Waals surface area (Å²) >= 11 is 9.43. The number of likely N-dealkylation sites (tertiary alicyclic amines) is 1. The van der Waals surface area contributed by atoms with Crippen LogP contribution < -0.4 is 5.32 Å². The third kappa shape index (κ3) is 4.62. The fourth-order valence-corrected chi connectivity index (χ4v) is 3.63. The summed E-state index contributed by atoms with van der Waals surface area (Å²) in [6.07, 6.45) is 0.808. The monoisotopic (exact) mass is 438 g/mol. The maximum Gasteiger partial charge on any atom is 0.229 e. The molecule has 7 heteroatoms. The van der Waals surface area contributed by atoms with Gasteiger partial charge >= 0.3 is 0 Å². The minimum Gasteiger partial charge on any atom is -0.342 e. The number of benzene rings is 2. The van der Waals surface area contributed by atoms with Gasteiger partial charge in [0.25, 0.3) is 0 Å². The van der Waals surface area contributed by atoms with Gasteiger partial charge in [0.15, 0.2) is 0 Å². The summed E-state index contributed by atoms with van der Waals surface area (Å²) in [6, 6.07) is 11.4. The Labute approximate surface area is 164 Å². The largest absolute Gasteiger partial charge is 0.342 e. The van der Waals surface area contributed by atoms with Crippen molar-refractivity contribution < 1.29 is 14.0 Å². The highest BCUT2D eigenvalue weighted by atomic mass is 79.9. The number of nitrogens with zero attached hydrogens (tertiary/aromatic N) is 1. The third-order valence-electron chi connectivity index (χ3n) is 4.36. The molecular formula is C19H17BrClFN2O2. The van der Waals surface area contributed by atoms with Gasteiger partial charge in [-0.1, -0.05) is 39.7 Å². The van der Waals surface area contributed by atoms with E-state index in [1.807, 2.05) is 0 Å². The fraction of sp³-hybridized carbons (Fsp3) is 0.263. The molecule has 1 unspecified atom stereocenters. The van der Waals surface area contributed by atoms with Gasteiger partial charge in [-0.05, 0) is 42.3 Å². The lowest BCUT2D eigenvalue weighted by atomic mass is 10.1. The second kappa shape index (κ2) is 8.18. The lowest BCUT2D eigenvalue weighted by Crippen LogP contribution is -2.30. The maximum atomic E-state index is 12.9. The zero-order valence-electron chi connectivity index (χ0n) is 13.8. The predicted octanol–water partition coefficient (Wildman–Crippen LogP) is 4.27. The van der Waals surface area contributed by atoms with Crippen molar-refractivity contribution in [2.75, 3.05) is 18.4 Å². The molecule has 0 spiro atoms. The van der Waals surface area contributed by atoms with Crippen LogP contribution >= 0.6 is 27.5 Å². The molecule has 1 N–H and O–H groups in total. The van der Waals surface area contributed by atoms with E-state index >= 15 is 0 Å². The predicted molar refractivity (Wildman–Crippen MR) is 103 cm³/mol. The summed E-state index contributed by atoms with van der Waals surface area (Å²) in [7, 11) is 0. The molecule has 0 aromatic heterocycles. The van der Waals surface area contributed by atoms with Crippen LogP contribution in [0.1, 0.15) is 12.0 Å². The number of carbonyl (C=O) groups excluding carboxylic acids is 2. The number of carbonyl (C=O) groups is 2. The first kappa shape index (κ1) is 18.9. The quantitative estimate of drug-likeness (QED) is 0.756. The van der Waals surface area contributed by atoms with Crippen molar-refractivity contribution in [1.82, 2.24) is 4.90 Å². The summed E-state index contributed by atoms with van der Waals surface area (Å²) in [5.41, 5.74) is 1.48. The summed E-state index contributed by atoms with van der Waals surface area (Å²) in [6.45, 7) is 0.882. The molecule has 0 saturated carbocycles. The molecular weight excluding hydrogens is 423 g/mol. The fourth-order valence-electron chi connectivity index (χ4n) is 2.90. The molecule has 26 heavy (non-hydrogen) atoms. The van der Waals surface area contributed by atoms with Crippen LogP contribution in [0.2, 0.25) is 5.02 Å². The van der Waals surface area contributed by atoms with Crippen LogP contribution in [-0.4, -0.2) is 29.8 Å². The Hall–Kier alpha value is -1.92. The van der Waals surface area contributed by atoms with Crippen molar-refractivity contribution in [3.8, 4) is 0 Å². The van der Waals surface area contributed by atoms with Crippen LogP contribution in [0.25, 0.3) is 0 Å². The second-order valence-corrected chi connectivity index (χ2v) is 7.55. The second-order valence-electron chi connectivity index (χ2n) is 6.23.